The van der Waals surface area contributed by atoms with Crippen molar-refractivity contribution in [2.24, 2.45) is 0 Å². The van der Waals surface area contributed by atoms with Crippen molar-refractivity contribution in [2.45, 2.75) is 25.7 Å². The Morgan fingerprint density at radius 3 is 2.86 bits per heavy atom. The van der Waals surface area contributed by atoms with Crippen molar-refractivity contribution in [1.82, 2.24) is 0 Å². The molecule has 0 radical (unpaired) electrons. The molecule has 0 unspecified atom stereocenters. The molecule has 2 rings (SSSR count). The van der Waals surface area contributed by atoms with Gasteiger partial charge in [-0.05, 0) is 23.5 Å². The van der Waals surface area contributed by atoms with Gasteiger partial charge in [-0.1, -0.05) is 31.5 Å². The normalized spacial score (nSPS) is 18.6. The van der Waals surface area contributed by atoms with Gasteiger partial charge in [0.25, 0.3) is 0 Å². The molecule has 0 spiro atoms. The van der Waals surface area contributed by atoms with Gasteiger partial charge in [0.15, 0.2) is 5.82 Å². The summed E-state index contributed by atoms with van der Waals surface area (Å²) in [5.41, 5.74) is 1.63. The van der Waals surface area contributed by atoms with Crippen LogP contribution in [0.1, 0.15) is 25.8 Å². The topological polar surface area (TPSA) is 12.0 Å². The van der Waals surface area contributed by atoms with Crippen molar-refractivity contribution < 1.29 is 4.39 Å². The molecule has 14 heavy (non-hydrogen) atoms. The fourth-order valence-electron chi connectivity index (χ4n) is 1.92. The molecule has 0 saturated heterocycles. The number of rotatable bonds is 0. The summed E-state index contributed by atoms with van der Waals surface area (Å²) in [4.78, 5) is 0. The first-order chi connectivity index (χ1) is 6.52. The number of hydrogen-bond donors (Lipinski definition) is 1. The molecule has 0 amide bonds. The summed E-state index contributed by atoms with van der Waals surface area (Å²) in [5, 5.41) is 3.26. The molecule has 1 aliphatic rings. The van der Waals surface area contributed by atoms with Gasteiger partial charge < -0.3 is 5.32 Å². The van der Waals surface area contributed by atoms with Gasteiger partial charge in [0.2, 0.25) is 0 Å². The van der Waals surface area contributed by atoms with Crippen LogP contribution in [0, 0.1) is 5.82 Å². The number of nitrogens with one attached hydrogen (secondary N) is 1. The summed E-state index contributed by atoms with van der Waals surface area (Å²) < 4.78 is 13.6. The molecule has 1 aliphatic heterocycles. The highest BCUT2D eigenvalue weighted by Gasteiger charge is 2.29. The van der Waals surface area contributed by atoms with Crippen LogP contribution in [-0.2, 0) is 5.41 Å². The lowest BCUT2D eigenvalue weighted by atomic mass is 9.78. The third-order valence-electron chi connectivity index (χ3n) is 2.88. The first kappa shape index (κ1) is 9.78. The number of anilines is 1. The third-order valence-corrected chi connectivity index (χ3v) is 3.17. The van der Waals surface area contributed by atoms with E-state index in [4.69, 9.17) is 11.6 Å². The monoisotopic (exact) mass is 213 g/mol. The van der Waals surface area contributed by atoms with Gasteiger partial charge in [-0.15, -0.1) is 0 Å². The maximum Gasteiger partial charge on any atom is 0.165 e. The zero-order valence-electron chi connectivity index (χ0n) is 8.32. The van der Waals surface area contributed by atoms with Crippen LogP contribution in [0.2, 0.25) is 5.02 Å². The summed E-state index contributed by atoms with van der Waals surface area (Å²) in [6.45, 7) is 5.05. The molecule has 0 bridgehead atoms. The van der Waals surface area contributed by atoms with E-state index in [0.29, 0.717) is 5.69 Å². The molecule has 3 heteroatoms. The summed E-state index contributed by atoms with van der Waals surface area (Å²) in [7, 11) is 0. The fourth-order valence-corrected chi connectivity index (χ4v) is 2.08. The predicted molar refractivity (Wildman–Crippen MR) is 57.5 cm³/mol. The summed E-state index contributed by atoms with van der Waals surface area (Å²) in [6, 6.07) is 3.54. The lowest BCUT2D eigenvalue weighted by molar-refractivity contribution is 0.475. The highest BCUT2D eigenvalue weighted by atomic mass is 35.5. The number of fused-ring (bicyclic) bond motifs is 1. The Morgan fingerprint density at radius 2 is 2.14 bits per heavy atom. The van der Waals surface area contributed by atoms with E-state index in [-0.39, 0.29) is 16.3 Å². The molecule has 76 valence electrons. The molecule has 0 fully saturated rings. The average molecular weight is 214 g/mol. The zero-order chi connectivity index (χ0) is 10.3. The second kappa shape index (κ2) is 3.13. The van der Waals surface area contributed by atoms with Crippen LogP contribution < -0.4 is 5.32 Å². The molecule has 0 aromatic heterocycles. The lowest BCUT2D eigenvalue weighted by Crippen LogP contribution is -2.28. The van der Waals surface area contributed by atoms with Crippen molar-refractivity contribution in [3.63, 3.8) is 0 Å². The van der Waals surface area contributed by atoms with Crippen molar-refractivity contribution in [2.75, 3.05) is 11.9 Å². The molecule has 1 aromatic rings. The van der Waals surface area contributed by atoms with Gasteiger partial charge in [0.05, 0.1) is 10.7 Å². The van der Waals surface area contributed by atoms with E-state index in [2.05, 4.69) is 19.2 Å². The quantitative estimate of drug-likeness (QED) is 0.695. The van der Waals surface area contributed by atoms with Gasteiger partial charge in [0.1, 0.15) is 0 Å². The second-order valence-electron chi connectivity index (χ2n) is 4.34. The highest BCUT2D eigenvalue weighted by molar-refractivity contribution is 6.31. The van der Waals surface area contributed by atoms with Crippen molar-refractivity contribution >= 4 is 17.3 Å². The lowest BCUT2D eigenvalue weighted by Gasteiger charge is -2.33. The zero-order valence-corrected chi connectivity index (χ0v) is 9.08. The smallest absolute Gasteiger partial charge is 0.165 e. The van der Waals surface area contributed by atoms with Gasteiger partial charge in [-0.25, -0.2) is 4.39 Å². The van der Waals surface area contributed by atoms with Crippen LogP contribution in [0.15, 0.2) is 12.1 Å². The first-order valence-corrected chi connectivity index (χ1v) is 5.12. The molecule has 1 aromatic carbocycles. The van der Waals surface area contributed by atoms with Crippen LogP contribution >= 0.6 is 11.6 Å². The molecule has 1 heterocycles. The van der Waals surface area contributed by atoms with E-state index in [1.807, 2.05) is 6.07 Å². The van der Waals surface area contributed by atoms with Crippen LogP contribution in [-0.4, -0.2) is 6.54 Å². The second-order valence-corrected chi connectivity index (χ2v) is 4.75. The number of hydrogen-bond acceptors (Lipinski definition) is 1. The van der Waals surface area contributed by atoms with Gasteiger partial charge in [-0.3, -0.25) is 0 Å². The predicted octanol–water partition coefficient (Wildman–Crippen LogP) is 3.57. The van der Waals surface area contributed by atoms with Crippen LogP contribution in [0.3, 0.4) is 0 Å². The van der Waals surface area contributed by atoms with Crippen LogP contribution in [0.5, 0.6) is 0 Å². The van der Waals surface area contributed by atoms with Gasteiger partial charge in [-0.2, -0.15) is 0 Å². The maximum absolute atomic E-state index is 13.6. The maximum atomic E-state index is 13.6. The minimum absolute atomic E-state index is 0.0337. The molecule has 0 atom stereocenters. The molecule has 1 N–H and O–H groups in total. The molecular weight excluding hydrogens is 201 g/mol. The fraction of sp³-hybridized carbons (Fsp3) is 0.455. The van der Waals surface area contributed by atoms with E-state index in [9.17, 15) is 4.39 Å². The summed E-state index contributed by atoms with van der Waals surface area (Å²) in [6.07, 6.45) is 1.01. The molecule has 0 aliphatic carbocycles. The Kier molecular flexibility index (Phi) is 2.18. The van der Waals surface area contributed by atoms with Crippen LogP contribution in [0.4, 0.5) is 10.1 Å². The largest absolute Gasteiger partial charge is 0.382 e. The van der Waals surface area contributed by atoms with E-state index in [0.717, 1.165) is 18.5 Å². The Bertz CT molecular complexity index is 374. The van der Waals surface area contributed by atoms with E-state index < -0.39 is 0 Å². The number of benzene rings is 1. The van der Waals surface area contributed by atoms with E-state index >= 15 is 0 Å². The Balaban J connectivity index is 2.62. The third kappa shape index (κ3) is 1.38. The highest BCUT2D eigenvalue weighted by Crippen LogP contribution is 2.39. The van der Waals surface area contributed by atoms with E-state index in [1.165, 1.54) is 0 Å². The van der Waals surface area contributed by atoms with Crippen LogP contribution in [0.25, 0.3) is 0 Å². The Hall–Kier alpha value is -0.760. The summed E-state index contributed by atoms with van der Waals surface area (Å²) >= 11 is 5.72. The van der Waals surface area contributed by atoms with E-state index in [1.54, 1.807) is 6.07 Å². The van der Waals surface area contributed by atoms with Gasteiger partial charge >= 0.3 is 0 Å². The van der Waals surface area contributed by atoms with Gasteiger partial charge in [0, 0.05) is 6.54 Å². The SMILES string of the molecule is CC1(C)CCNc2c1ccc(Cl)c2F. The molecule has 1 nitrogen and oxygen atoms in total. The van der Waals surface area contributed by atoms with Crippen molar-refractivity contribution in [3.8, 4) is 0 Å². The Morgan fingerprint density at radius 1 is 1.43 bits per heavy atom. The average Bonchev–Trinajstić information content (AvgIpc) is 2.11. The number of halogens is 2. The Labute approximate surface area is 88.3 Å². The minimum atomic E-state index is -0.322. The minimum Gasteiger partial charge on any atom is -0.382 e. The summed E-state index contributed by atoms with van der Waals surface area (Å²) in [5.74, 6) is -0.322. The standard InChI is InChI=1S/C11H13ClFN/c1-11(2)5-6-14-10-7(11)3-4-8(12)9(10)13/h3-4,14H,5-6H2,1-2H3. The van der Waals surface area contributed by atoms with Crippen molar-refractivity contribution in [3.05, 3.63) is 28.5 Å². The molecular formula is C11H13ClFN. The van der Waals surface area contributed by atoms with Crippen molar-refractivity contribution in [1.29, 1.82) is 0 Å². The molecule has 0 saturated carbocycles. The first-order valence-electron chi connectivity index (χ1n) is 4.75.